The Hall–Kier alpha value is -2.38. The van der Waals surface area contributed by atoms with Gasteiger partial charge >= 0.3 is 0 Å². The van der Waals surface area contributed by atoms with Gasteiger partial charge in [0.25, 0.3) is 0 Å². The van der Waals surface area contributed by atoms with E-state index in [0.717, 1.165) is 21.3 Å². The molecule has 3 aromatic rings. The number of H-pyrrole nitrogens is 1. The molecule has 2 N–H and O–H groups in total. The lowest BCUT2D eigenvalue weighted by Gasteiger charge is -2.15. The minimum Gasteiger partial charge on any atom is -0.345 e. The molecule has 0 saturated carbocycles. The van der Waals surface area contributed by atoms with E-state index in [1.807, 2.05) is 54.6 Å². The number of benzene rings is 2. The molecule has 1 heterocycles. The van der Waals surface area contributed by atoms with E-state index in [2.05, 4.69) is 31.2 Å². The lowest BCUT2D eigenvalue weighted by atomic mass is 10.0. The summed E-state index contributed by atoms with van der Waals surface area (Å²) in [5.41, 5.74) is 2.92. The maximum Gasteiger partial charge on any atom is 0.231 e. The average molecular weight is 458 g/mol. The zero-order valence-corrected chi connectivity index (χ0v) is 17.7. The summed E-state index contributed by atoms with van der Waals surface area (Å²) in [6.07, 6.45) is 2.23. The summed E-state index contributed by atoms with van der Waals surface area (Å²) in [5, 5.41) is 3.49. The molecule has 0 aliphatic carbocycles. The molecule has 5 nitrogen and oxygen atoms in total. The number of hydrogen-bond donors (Lipinski definition) is 2. The summed E-state index contributed by atoms with van der Waals surface area (Å²) in [6, 6.07) is 17.0. The quantitative estimate of drug-likeness (QED) is 0.495. The molecular formula is C21H20BrN3O2S. The maximum absolute atomic E-state index is 12.3. The Morgan fingerprint density at radius 3 is 2.54 bits per heavy atom. The second-order valence-electron chi connectivity index (χ2n) is 6.32. The van der Waals surface area contributed by atoms with Crippen LogP contribution in [-0.4, -0.2) is 33.5 Å². The Balaban J connectivity index is 1.54. The van der Waals surface area contributed by atoms with E-state index in [0.29, 0.717) is 11.6 Å². The summed E-state index contributed by atoms with van der Waals surface area (Å²) in [7, 11) is 0. The van der Waals surface area contributed by atoms with Crippen LogP contribution in [0.25, 0.3) is 11.3 Å². The van der Waals surface area contributed by atoms with Crippen molar-refractivity contribution in [2.75, 3.05) is 5.75 Å². The standard InChI is InChI=1S/C21H20BrN3O2S/c1-14(26)18(11-15-5-3-2-4-6-15)24-20(27)13-28-21-23-12-19(25-21)16-7-9-17(22)10-8-16/h2-10,12,18H,11,13H2,1H3,(H,23,25)(H,24,27)/t18-/m0/s1. The van der Waals surface area contributed by atoms with Gasteiger partial charge in [-0.2, -0.15) is 0 Å². The van der Waals surface area contributed by atoms with E-state index in [4.69, 9.17) is 0 Å². The number of ketones is 1. The molecule has 1 atom stereocenters. The van der Waals surface area contributed by atoms with Crippen molar-refractivity contribution in [2.45, 2.75) is 24.5 Å². The van der Waals surface area contributed by atoms with Gasteiger partial charge in [0.15, 0.2) is 10.9 Å². The number of carbonyl (C=O) groups is 2. The van der Waals surface area contributed by atoms with E-state index in [9.17, 15) is 9.59 Å². The third kappa shape index (κ3) is 5.81. The largest absolute Gasteiger partial charge is 0.345 e. The van der Waals surface area contributed by atoms with Gasteiger partial charge in [-0.05, 0) is 36.6 Å². The molecule has 1 aromatic heterocycles. The van der Waals surface area contributed by atoms with Crippen molar-refractivity contribution in [3.05, 3.63) is 70.8 Å². The summed E-state index contributed by atoms with van der Waals surface area (Å²) in [6.45, 7) is 1.50. The van der Waals surface area contributed by atoms with Crippen molar-refractivity contribution in [1.29, 1.82) is 0 Å². The molecule has 0 aliphatic heterocycles. The Labute approximate surface area is 176 Å². The number of nitrogens with one attached hydrogen (secondary N) is 2. The summed E-state index contributed by atoms with van der Waals surface area (Å²) in [4.78, 5) is 31.7. The molecule has 144 valence electrons. The van der Waals surface area contributed by atoms with Gasteiger partial charge in [-0.3, -0.25) is 9.59 Å². The summed E-state index contributed by atoms with van der Waals surface area (Å²) < 4.78 is 1.01. The van der Waals surface area contributed by atoms with Crippen LogP contribution in [0.4, 0.5) is 0 Å². The number of imidazole rings is 1. The Morgan fingerprint density at radius 1 is 1.14 bits per heavy atom. The number of aromatic nitrogens is 2. The lowest BCUT2D eigenvalue weighted by Crippen LogP contribution is -2.42. The third-order valence-corrected chi connectivity index (χ3v) is 5.57. The molecule has 2 aromatic carbocycles. The first-order valence-corrected chi connectivity index (χ1v) is 10.6. The highest BCUT2D eigenvalue weighted by Gasteiger charge is 2.18. The number of nitrogens with zero attached hydrogens (tertiary/aromatic N) is 1. The minimum absolute atomic E-state index is 0.0577. The molecule has 28 heavy (non-hydrogen) atoms. The van der Waals surface area contributed by atoms with Crippen LogP contribution in [0.15, 0.2) is 70.4 Å². The van der Waals surface area contributed by atoms with Gasteiger partial charge in [-0.25, -0.2) is 4.98 Å². The molecular weight excluding hydrogens is 438 g/mol. The highest BCUT2D eigenvalue weighted by atomic mass is 79.9. The average Bonchev–Trinajstić information content (AvgIpc) is 3.16. The van der Waals surface area contributed by atoms with Crippen LogP contribution in [0.5, 0.6) is 0 Å². The zero-order chi connectivity index (χ0) is 19.9. The van der Waals surface area contributed by atoms with E-state index in [-0.39, 0.29) is 17.4 Å². The first-order valence-electron chi connectivity index (χ1n) is 8.79. The molecule has 0 aliphatic rings. The van der Waals surface area contributed by atoms with Gasteiger partial charge in [-0.15, -0.1) is 0 Å². The van der Waals surface area contributed by atoms with Crippen LogP contribution in [-0.2, 0) is 16.0 Å². The normalized spacial score (nSPS) is 11.8. The van der Waals surface area contributed by atoms with Crippen molar-refractivity contribution < 1.29 is 9.59 Å². The van der Waals surface area contributed by atoms with Crippen LogP contribution in [0.1, 0.15) is 12.5 Å². The van der Waals surface area contributed by atoms with Crippen molar-refractivity contribution in [2.24, 2.45) is 0 Å². The SMILES string of the molecule is CC(=O)[C@H](Cc1ccccc1)NC(=O)CSc1ncc(-c2ccc(Br)cc2)[nH]1. The molecule has 3 rings (SSSR count). The lowest BCUT2D eigenvalue weighted by molar-refractivity contribution is -0.125. The van der Waals surface area contributed by atoms with E-state index in [1.54, 1.807) is 6.20 Å². The highest BCUT2D eigenvalue weighted by molar-refractivity contribution is 9.10. The molecule has 0 fully saturated rings. The third-order valence-electron chi connectivity index (χ3n) is 4.16. The van der Waals surface area contributed by atoms with Gasteiger partial charge in [0.2, 0.25) is 5.91 Å². The molecule has 0 bridgehead atoms. The Kier molecular flexibility index (Phi) is 7.06. The van der Waals surface area contributed by atoms with E-state index >= 15 is 0 Å². The molecule has 7 heteroatoms. The number of Topliss-reactive ketones (excluding diaryl/α,β-unsaturated/α-hetero) is 1. The van der Waals surface area contributed by atoms with E-state index in [1.165, 1.54) is 18.7 Å². The monoisotopic (exact) mass is 457 g/mol. The van der Waals surface area contributed by atoms with Crippen molar-refractivity contribution in [3.8, 4) is 11.3 Å². The second-order valence-corrected chi connectivity index (χ2v) is 8.20. The van der Waals surface area contributed by atoms with Crippen LogP contribution >= 0.6 is 27.7 Å². The van der Waals surface area contributed by atoms with Crippen LogP contribution < -0.4 is 5.32 Å². The first kappa shape index (κ1) is 20.4. The molecule has 1 amide bonds. The number of amides is 1. The van der Waals surface area contributed by atoms with Gasteiger partial charge in [0, 0.05) is 4.47 Å². The second kappa shape index (κ2) is 9.71. The predicted molar refractivity (Wildman–Crippen MR) is 115 cm³/mol. The number of hydrogen-bond acceptors (Lipinski definition) is 4. The summed E-state index contributed by atoms with van der Waals surface area (Å²) >= 11 is 4.72. The van der Waals surface area contributed by atoms with Gasteiger partial charge in [0.05, 0.1) is 23.7 Å². The molecule has 0 radical (unpaired) electrons. The predicted octanol–water partition coefficient (Wildman–Crippen LogP) is 4.25. The number of aromatic amines is 1. The van der Waals surface area contributed by atoms with Gasteiger partial charge < -0.3 is 10.3 Å². The first-order chi connectivity index (χ1) is 13.5. The Bertz CT molecular complexity index is 942. The topological polar surface area (TPSA) is 74.8 Å². The summed E-state index contributed by atoms with van der Waals surface area (Å²) in [5.74, 6) is -0.0632. The fraction of sp³-hybridized carbons (Fsp3) is 0.190. The van der Waals surface area contributed by atoms with Crippen molar-refractivity contribution >= 4 is 39.4 Å². The highest BCUT2D eigenvalue weighted by Crippen LogP contribution is 2.23. The zero-order valence-electron chi connectivity index (χ0n) is 15.3. The van der Waals surface area contributed by atoms with Crippen molar-refractivity contribution in [3.63, 3.8) is 0 Å². The smallest absolute Gasteiger partial charge is 0.231 e. The number of rotatable bonds is 8. The fourth-order valence-corrected chi connectivity index (χ4v) is 3.59. The fourth-order valence-electron chi connectivity index (χ4n) is 2.67. The molecule has 0 unspecified atom stereocenters. The van der Waals surface area contributed by atoms with Crippen LogP contribution in [0.2, 0.25) is 0 Å². The number of halogens is 1. The Morgan fingerprint density at radius 2 is 1.86 bits per heavy atom. The maximum atomic E-state index is 12.3. The minimum atomic E-state index is -0.523. The van der Waals surface area contributed by atoms with Crippen LogP contribution in [0.3, 0.4) is 0 Å². The molecule has 0 saturated heterocycles. The number of thioether (sulfide) groups is 1. The van der Waals surface area contributed by atoms with Gasteiger partial charge in [-0.1, -0.05) is 70.2 Å². The van der Waals surface area contributed by atoms with Crippen molar-refractivity contribution in [1.82, 2.24) is 15.3 Å². The van der Waals surface area contributed by atoms with Crippen LogP contribution in [0, 0.1) is 0 Å². The number of carbonyl (C=O) groups excluding carboxylic acids is 2. The van der Waals surface area contributed by atoms with Gasteiger partial charge in [0.1, 0.15) is 0 Å². The molecule has 0 spiro atoms. The van der Waals surface area contributed by atoms with E-state index < -0.39 is 6.04 Å².